The van der Waals surface area contributed by atoms with E-state index in [0.29, 0.717) is 0 Å². The van der Waals surface area contributed by atoms with E-state index in [1.54, 1.807) is 0 Å². The Morgan fingerprint density at radius 3 is 1.95 bits per heavy atom. The van der Waals surface area contributed by atoms with Crippen LogP contribution >= 0.6 is 0 Å². The summed E-state index contributed by atoms with van der Waals surface area (Å²) in [6.07, 6.45) is 0. The summed E-state index contributed by atoms with van der Waals surface area (Å²) < 4.78 is 31.6. The van der Waals surface area contributed by atoms with E-state index in [0.717, 1.165) is 12.1 Å². The molecule has 0 unspecified atom stereocenters. The molecule has 0 heterocycles. The second kappa shape index (κ2) is 6.55. The fraction of sp³-hybridized carbons (Fsp3) is 0. The van der Waals surface area contributed by atoms with Crippen LogP contribution in [-0.2, 0) is 10.4 Å². The lowest BCUT2D eigenvalue weighted by atomic mass is 10.2. The average Bonchev–Trinajstić information content (AvgIpc) is 2.25. The fourth-order valence-electron chi connectivity index (χ4n) is 0.907. The van der Waals surface area contributed by atoms with E-state index >= 15 is 0 Å². The Morgan fingerprint density at radius 2 is 1.63 bits per heavy atom. The van der Waals surface area contributed by atoms with Gasteiger partial charge in [-0.1, -0.05) is 0 Å². The molecule has 0 atom stereocenters. The van der Waals surface area contributed by atoms with Crippen molar-refractivity contribution in [3.8, 4) is 0 Å². The van der Waals surface area contributed by atoms with Crippen LogP contribution in [0.3, 0.4) is 0 Å². The second-order valence-corrected chi connectivity index (χ2v) is 3.70. The van der Waals surface area contributed by atoms with Crippen molar-refractivity contribution in [1.29, 1.82) is 0 Å². The molecule has 1 aromatic carbocycles. The fourth-order valence-corrected chi connectivity index (χ4v) is 0.907. The van der Waals surface area contributed by atoms with Crippen molar-refractivity contribution in [2.24, 2.45) is 5.84 Å². The number of benzene rings is 1. The van der Waals surface area contributed by atoms with Crippen LogP contribution in [0.1, 0.15) is 0 Å². The van der Waals surface area contributed by atoms with Crippen molar-refractivity contribution < 1.29 is 27.4 Å². The Kier molecular flexibility index (Phi) is 5.74. The molecule has 0 fully saturated rings. The number of nitro benzene ring substituents is 2. The maximum atomic E-state index is 10.4. The number of nitro groups is 2. The first-order valence-electron chi connectivity index (χ1n) is 4.15. The minimum absolute atomic E-state index is 0.0283. The summed E-state index contributed by atoms with van der Waals surface area (Å²) in [5.41, 5.74) is 1.33. The number of nitrogens with two attached hydrogens (primary N) is 1. The molecule has 0 amide bonds. The van der Waals surface area contributed by atoms with Gasteiger partial charge in [-0.15, -0.1) is 0 Å². The van der Waals surface area contributed by atoms with Gasteiger partial charge in [0.05, 0.1) is 15.9 Å². The molecule has 0 bridgehead atoms. The van der Waals surface area contributed by atoms with Crippen molar-refractivity contribution in [2.45, 2.75) is 0 Å². The second-order valence-electron chi connectivity index (χ2n) is 2.81. The number of non-ortho nitro benzene ring substituents is 1. The number of hydrazine groups is 1. The molecule has 0 radical (unpaired) electrons. The van der Waals surface area contributed by atoms with Gasteiger partial charge in [-0.2, -0.15) is 8.42 Å². The van der Waals surface area contributed by atoms with Gasteiger partial charge in [-0.05, 0) is 6.07 Å². The van der Waals surface area contributed by atoms with Crippen LogP contribution in [0.4, 0.5) is 17.1 Å². The van der Waals surface area contributed by atoms with E-state index in [1.807, 2.05) is 0 Å². The summed E-state index contributed by atoms with van der Waals surface area (Å²) >= 11 is 0. The summed E-state index contributed by atoms with van der Waals surface area (Å²) in [7, 11) is -4.67. The monoisotopic (exact) mass is 296 g/mol. The third kappa shape index (κ3) is 6.84. The third-order valence-corrected chi connectivity index (χ3v) is 1.54. The van der Waals surface area contributed by atoms with Gasteiger partial charge in [-0.25, -0.2) is 0 Å². The molecule has 0 spiro atoms. The molecule has 0 aliphatic rings. The standard InChI is InChI=1S/C6H6N4O4.H2O4S/c7-8-5-2-1-4(9(11)12)3-6(5)10(13)14;1-5(2,3)4/h1-3,8H,7H2;(H2,1,2,3,4). The van der Waals surface area contributed by atoms with Crippen LogP contribution in [0.2, 0.25) is 0 Å². The van der Waals surface area contributed by atoms with Gasteiger partial charge >= 0.3 is 16.1 Å². The van der Waals surface area contributed by atoms with Crippen molar-refractivity contribution in [3.05, 3.63) is 38.4 Å². The molecule has 0 aromatic heterocycles. The molecule has 12 nitrogen and oxygen atoms in total. The van der Waals surface area contributed by atoms with E-state index in [-0.39, 0.29) is 11.4 Å². The molecule has 13 heteroatoms. The quantitative estimate of drug-likeness (QED) is 0.257. The van der Waals surface area contributed by atoms with Gasteiger partial charge in [0, 0.05) is 6.07 Å². The van der Waals surface area contributed by atoms with Gasteiger partial charge in [0.15, 0.2) is 0 Å². The molecule has 0 aliphatic heterocycles. The van der Waals surface area contributed by atoms with E-state index in [4.69, 9.17) is 23.4 Å². The summed E-state index contributed by atoms with van der Waals surface area (Å²) in [6, 6.07) is 3.15. The first-order valence-corrected chi connectivity index (χ1v) is 5.55. The van der Waals surface area contributed by atoms with Crippen LogP contribution in [0.15, 0.2) is 18.2 Å². The molecule has 19 heavy (non-hydrogen) atoms. The van der Waals surface area contributed by atoms with Crippen LogP contribution < -0.4 is 11.3 Å². The molecule has 0 saturated heterocycles. The number of nitrogens with one attached hydrogen (secondary N) is 1. The zero-order chi connectivity index (χ0) is 15.2. The number of nitrogens with zero attached hydrogens (tertiary/aromatic N) is 2. The lowest BCUT2D eigenvalue weighted by Crippen LogP contribution is -2.09. The summed E-state index contributed by atoms with van der Waals surface area (Å²) in [5, 5.41) is 20.7. The number of hydrogen-bond acceptors (Lipinski definition) is 8. The first kappa shape index (κ1) is 16.6. The SMILES string of the molecule is NNc1ccc([N+](=O)[O-])cc1[N+](=O)[O-].O=S(=O)(O)O. The van der Waals surface area contributed by atoms with E-state index in [1.165, 1.54) is 6.07 Å². The van der Waals surface area contributed by atoms with Gasteiger partial charge in [0.25, 0.3) is 5.69 Å². The third-order valence-electron chi connectivity index (χ3n) is 1.54. The highest BCUT2D eigenvalue weighted by molar-refractivity contribution is 7.79. The zero-order valence-corrected chi connectivity index (χ0v) is 9.77. The first-order chi connectivity index (χ1) is 8.56. The lowest BCUT2D eigenvalue weighted by Gasteiger charge is -2.00. The Morgan fingerprint density at radius 1 is 1.16 bits per heavy atom. The van der Waals surface area contributed by atoms with Crippen molar-refractivity contribution >= 4 is 27.5 Å². The minimum Gasteiger partial charge on any atom is -0.318 e. The number of rotatable bonds is 3. The molecule has 5 N–H and O–H groups in total. The highest BCUT2D eigenvalue weighted by Gasteiger charge is 2.18. The summed E-state index contributed by atoms with van der Waals surface area (Å²) in [5.74, 6) is 4.99. The van der Waals surface area contributed by atoms with Crippen LogP contribution in [-0.4, -0.2) is 27.4 Å². The van der Waals surface area contributed by atoms with Crippen molar-refractivity contribution in [3.63, 3.8) is 0 Å². The van der Waals surface area contributed by atoms with Crippen LogP contribution in [0.5, 0.6) is 0 Å². The van der Waals surface area contributed by atoms with Crippen LogP contribution in [0.25, 0.3) is 0 Å². The molecular weight excluding hydrogens is 288 g/mol. The Bertz CT molecular complexity index is 577. The Labute approximate surface area is 105 Å². The molecular formula is C6H8N4O8S. The van der Waals surface area contributed by atoms with Crippen molar-refractivity contribution in [1.82, 2.24) is 0 Å². The Balaban J connectivity index is 0.000000555. The highest BCUT2D eigenvalue weighted by Crippen LogP contribution is 2.27. The number of anilines is 1. The average molecular weight is 296 g/mol. The maximum absolute atomic E-state index is 10.4. The van der Waals surface area contributed by atoms with Crippen molar-refractivity contribution in [2.75, 3.05) is 5.43 Å². The topological polar surface area (TPSA) is 199 Å². The minimum atomic E-state index is -4.67. The largest absolute Gasteiger partial charge is 0.394 e. The van der Waals surface area contributed by atoms with E-state index < -0.39 is 25.9 Å². The summed E-state index contributed by atoms with van der Waals surface area (Å²) in [4.78, 5) is 19.3. The van der Waals surface area contributed by atoms with Gasteiger partial charge in [0.1, 0.15) is 5.69 Å². The van der Waals surface area contributed by atoms with Gasteiger partial charge in [0.2, 0.25) is 0 Å². The zero-order valence-electron chi connectivity index (χ0n) is 8.96. The molecule has 0 aliphatic carbocycles. The number of hydrogen-bond donors (Lipinski definition) is 4. The smallest absolute Gasteiger partial charge is 0.318 e. The Hall–Kier alpha value is -2.35. The predicted molar refractivity (Wildman–Crippen MR) is 61.7 cm³/mol. The molecule has 1 aromatic rings. The normalized spacial score (nSPS) is 10.1. The maximum Gasteiger partial charge on any atom is 0.394 e. The van der Waals surface area contributed by atoms with Gasteiger partial charge < -0.3 is 5.43 Å². The highest BCUT2D eigenvalue weighted by atomic mass is 32.3. The van der Waals surface area contributed by atoms with E-state index in [2.05, 4.69) is 5.43 Å². The van der Waals surface area contributed by atoms with Crippen LogP contribution in [0, 0.1) is 20.2 Å². The van der Waals surface area contributed by atoms with E-state index in [9.17, 15) is 20.2 Å². The number of nitrogen functional groups attached to an aromatic ring is 1. The lowest BCUT2D eigenvalue weighted by molar-refractivity contribution is -0.393. The van der Waals surface area contributed by atoms with Gasteiger partial charge in [-0.3, -0.25) is 35.2 Å². The molecule has 106 valence electrons. The molecule has 0 saturated carbocycles. The summed E-state index contributed by atoms with van der Waals surface area (Å²) in [6.45, 7) is 0. The predicted octanol–water partition coefficient (Wildman–Crippen LogP) is 0.136. The molecule has 1 rings (SSSR count).